The Bertz CT molecular complexity index is 1150. The summed E-state index contributed by atoms with van der Waals surface area (Å²) in [5.41, 5.74) is 2.76. The van der Waals surface area contributed by atoms with Crippen LogP contribution in [0.4, 0.5) is 5.69 Å². The van der Waals surface area contributed by atoms with Gasteiger partial charge in [-0.1, -0.05) is 41.6 Å². The summed E-state index contributed by atoms with van der Waals surface area (Å²) in [6.45, 7) is 10.3. The second kappa shape index (κ2) is 11.2. The van der Waals surface area contributed by atoms with E-state index in [9.17, 15) is 4.79 Å². The molecule has 0 saturated carbocycles. The Kier molecular flexibility index (Phi) is 8.41. The zero-order chi connectivity index (χ0) is 24.0. The van der Waals surface area contributed by atoms with Gasteiger partial charge in [-0.05, 0) is 56.2 Å². The molecular formula is C24H27ClN4O3S. The predicted octanol–water partition coefficient (Wildman–Crippen LogP) is 5.61. The van der Waals surface area contributed by atoms with Crippen LogP contribution in [0.2, 0.25) is 5.02 Å². The molecule has 174 valence electrons. The molecule has 0 saturated heterocycles. The summed E-state index contributed by atoms with van der Waals surface area (Å²) < 4.78 is 13.4. The lowest BCUT2D eigenvalue weighted by molar-refractivity contribution is -0.113. The van der Waals surface area contributed by atoms with E-state index in [1.807, 2.05) is 43.5 Å². The van der Waals surface area contributed by atoms with Gasteiger partial charge in [0.2, 0.25) is 5.91 Å². The van der Waals surface area contributed by atoms with Crippen LogP contribution in [0.5, 0.6) is 11.5 Å². The van der Waals surface area contributed by atoms with E-state index in [0.29, 0.717) is 34.0 Å². The fraction of sp³-hybridized carbons (Fsp3) is 0.292. The first-order valence-corrected chi connectivity index (χ1v) is 11.7. The van der Waals surface area contributed by atoms with Gasteiger partial charge in [0.05, 0.1) is 18.6 Å². The van der Waals surface area contributed by atoms with Gasteiger partial charge in [0.1, 0.15) is 11.5 Å². The minimum atomic E-state index is -0.336. The summed E-state index contributed by atoms with van der Waals surface area (Å²) in [5.74, 6) is 1.93. The van der Waals surface area contributed by atoms with Gasteiger partial charge in [-0.2, -0.15) is 0 Å². The van der Waals surface area contributed by atoms with Crippen LogP contribution in [0.25, 0.3) is 0 Å². The zero-order valence-corrected chi connectivity index (χ0v) is 20.7. The molecule has 0 aliphatic carbocycles. The van der Waals surface area contributed by atoms with Gasteiger partial charge in [0.25, 0.3) is 0 Å². The minimum Gasteiger partial charge on any atom is -0.495 e. The van der Waals surface area contributed by atoms with Crippen molar-refractivity contribution in [1.29, 1.82) is 0 Å². The van der Waals surface area contributed by atoms with Crippen molar-refractivity contribution in [2.45, 2.75) is 38.6 Å². The van der Waals surface area contributed by atoms with Crippen LogP contribution in [-0.4, -0.2) is 33.5 Å². The topological polar surface area (TPSA) is 78.3 Å². The van der Waals surface area contributed by atoms with E-state index in [1.165, 1.54) is 18.9 Å². The third-order valence-corrected chi connectivity index (χ3v) is 6.25. The van der Waals surface area contributed by atoms with Crippen LogP contribution in [0, 0.1) is 13.8 Å². The van der Waals surface area contributed by atoms with Gasteiger partial charge in [-0.15, -0.1) is 16.8 Å². The van der Waals surface area contributed by atoms with Crippen molar-refractivity contribution >= 4 is 35.0 Å². The number of aryl methyl sites for hydroxylation is 1. The third-order valence-electron chi connectivity index (χ3n) is 5.05. The number of carbonyl (C=O) groups is 1. The highest BCUT2D eigenvalue weighted by molar-refractivity contribution is 7.99. The number of hydrogen-bond acceptors (Lipinski definition) is 6. The smallest absolute Gasteiger partial charge is 0.234 e. The van der Waals surface area contributed by atoms with Gasteiger partial charge >= 0.3 is 0 Å². The number of amides is 1. The molecule has 7 nitrogen and oxygen atoms in total. The van der Waals surface area contributed by atoms with Crippen LogP contribution in [-0.2, 0) is 11.3 Å². The predicted molar refractivity (Wildman–Crippen MR) is 133 cm³/mol. The van der Waals surface area contributed by atoms with Crippen molar-refractivity contribution in [1.82, 2.24) is 14.8 Å². The first-order valence-electron chi connectivity index (χ1n) is 10.4. The van der Waals surface area contributed by atoms with Crippen molar-refractivity contribution in [2.24, 2.45) is 0 Å². The zero-order valence-electron chi connectivity index (χ0n) is 19.1. The number of anilines is 1. The van der Waals surface area contributed by atoms with Crippen molar-refractivity contribution < 1.29 is 14.3 Å². The van der Waals surface area contributed by atoms with Crippen molar-refractivity contribution in [3.63, 3.8) is 0 Å². The van der Waals surface area contributed by atoms with E-state index in [4.69, 9.17) is 21.1 Å². The van der Waals surface area contributed by atoms with Crippen LogP contribution in [0.3, 0.4) is 0 Å². The summed E-state index contributed by atoms with van der Waals surface area (Å²) in [6, 6.07) is 11.0. The number of allylic oxidation sites excluding steroid dienone is 1. The fourth-order valence-electron chi connectivity index (χ4n) is 3.20. The second-order valence-corrected chi connectivity index (χ2v) is 8.76. The average molecular weight is 487 g/mol. The molecular weight excluding hydrogens is 460 g/mol. The molecule has 1 unspecified atom stereocenters. The number of aromatic nitrogens is 3. The van der Waals surface area contributed by atoms with Gasteiger partial charge in [-0.3, -0.25) is 9.36 Å². The van der Waals surface area contributed by atoms with E-state index < -0.39 is 0 Å². The molecule has 0 fully saturated rings. The Morgan fingerprint density at radius 3 is 2.79 bits per heavy atom. The number of halogens is 1. The van der Waals surface area contributed by atoms with Crippen LogP contribution >= 0.6 is 23.4 Å². The Morgan fingerprint density at radius 1 is 1.27 bits per heavy atom. The van der Waals surface area contributed by atoms with Gasteiger partial charge in [-0.25, -0.2) is 0 Å². The summed E-state index contributed by atoms with van der Waals surface area (Å²) in [5, 5.41) is 12.6. The maximum Gasteiger partial charge on any atom is 0.234 e. The van der Waals surface area contributed by atoms with Gasteiger partial charge in [0.15, 0.2) is 17.1 Å². The lowest BCUT2D eigenvalue weighted by Gasteiger charge is -2.18. The summed E-state index contributed by atoms with van der Waals surface area (Å²) in [7, 11) is 1.54. The SMILES string of the molecule is C=CCn1c(SCC(=O)Nc2cc(Cl)ccc2OC)nnc1C(C)Oc1cccc(C)c1C. The molecule has 0 bridgehead atoms. The highest BCUT2D eigenvalue weighted by Gasteiger charge is 2.21. The Labute approximate surface area is 203 Å². The highest BCUT2D eigenvalue weighted by atomic mass is 35.5. The molecule has 0 aliphatic heterocycles. The molecule has 9 heteroatoms. The maximum absolute atomic E-state index is 12.6. The fourth-order valence-corrected chi connectivity index (χ4v) is 4.12. The van der Waals surface area contributed by atoms with E-state index in [2.05, 4.69) is 22.1 Å². The Balaban J connectivity index is 1.71. The van der Waals surface area contributed by atoms with E-state index in [0.717, 1.165) is 16.9 Å². The first-order chi connectivity index (χ1) is 15.8. The molecule has 33 heavy (non-hydrogen) atoms. The molecule has 0 spiro atoms. The van der Waals surface area contributed by atoms with Crippen molar-refractivity contribution in [2.75, 3.05) is 18.2 Å². The van der Waals surface area contributed by atoms with Gasteiger partial charge in [0, 0.05) is 11.6 Å². The Hall–Kier alpha value is -2.97. The number of thioether (sulfide) groups is 1. The monoisotopic (exact) mass is 486 g/mol. The number of methoxy groups -OCH3 is 1. The largest absolute Gasteiger partial charge is 0.495 e. The van der Waals surface area contributed by atoms with E-state index in [1.54, 1.807) is 24.3 Å². The highest BCUT2D eigenvalue weighted by Crippen LogP contribution is 2.30. The number of nitrogens with one attached hydrogen (secondary N) is 1. The lowest BCUT2D eigenvalue weighted by atomic mass is 10.1. The maximum atomic E-state index is 12.6. The first kappa shape index (κ1) is 24.7. The molecule has 1 heterocycles. The Morgan fingerprint density at radius 2 is 2.06 bits per heavy atom. The molecule has 0 aliphatic rings. The normalized spacial score (nSPS) is 11.7. The molecule has 1 amide bonds. The van der Waals surface area contributed by atoms with Crippen LogP contribution < -0.4 is 14.8 Å². The molecule has 1 N–H and O–H groups in total. The van der Waals surface area contributed by atoms with Crippen molar-refractivity contribution in [3.05, 3.63) is 71.0 Å². The molecule has 3 rings (SSSR count). The molecule has 1 atom stereocenters. The second-order valence-electron chi connectivity index (χ2n) is 7.38. The molecule has 1 aromatic heterocycles. The van der Waals surface area contributed by atoms with Crippen LogP contribution in [0.1, 0.15) is 30.0 Å². The van der Waals surface area contributed by atoms with Gasteiger partial charge < -0.3 is 14.8 Å². The summed E-state index contributed by atoms with van der Waals surface area (Å²) >= 11 is 7.32. The summed E-state index contributed by atoms with van der Waals surface area (Å²) in [6.07, 6.45) is 1.43. The third kappa shape index (κ3) is 6.09. The molecule has 2 aromatic carbocycles. The quantitative estimate of drug-likeness (QED) is 0.296. The number of carbonyl (C=O) groups excluding carboxylic acids is 1. The number of ether oxygens (including phenoxy) is 2. The van der Waals surface area contributed by atoms with Crippen molar-refractivity contribution in [3.8, 4) is 11.5 Å². The number of hydrogen-bond donors (Lipinski definition) is 1. The average Bonchev–Trinajstić information content (AvgIpc) is 3.18. The van der Waals surface area contributed by atoms with E-state index in [-0.39, 0.29) is 17.8 Å². The molecule has 3 aromatic rings. The summed E-state index contributed by atoms with van der Waals surface area (Å²) in [4.78, 5) is 12.6. The lowest BCUT2D eigenvalue weighted by Crippen LogP contribution is -2.16. The van der Waals surface area contributed by atoms with Crippen LogP contribution in [0.15, 0.2) is 54.2 Å². The van der Waals surface area contributed by atoms with E-state index >= 15 is 0 Å². The number of rotatable bonds is 10. The minimum absolute atomic E-state index is 0.136. The number of nitrogens with zero attached hydrogens (tertiary/aromatic N) is 3. The number of benzene rings is 2. The standard InChI is InChI=1S/C24H27ClN4O3S/c1-6-12-29-23(17(4)32-20-9-7-8-15(2)16(20)3)27-28-24(29)33-14-22(30)26-19-13-18(25)10-11-21(19)31-5/h6-11,13,17H,1,12,14H2,2-5H3,(H,26,30). The molecule has 0 radical (unpaired) electrons.